The van der Waals surface area contributed by atoms with Crippen LogP contribution in [0.25, 0.3) is 0 Å². The van der Waals surface area contributed by atoms with E-state index in [-0.39, 0.29) is 0 Å². The largest absolute Gasteiger partial charge is 0.455 e. The zero-order valence-electron chi connectivity index (χ0n) is 8.58. The van der Waals surface area contributed by atoms with Gasteiger partial charge in [-0.15, -0.1) is 0 Å². The van der Waals surface area contributed by atoms with Crippen LogP contribution in [0, 0.1) is 10.1 Å². The lowest BCUT2D eigenvalue weighted by atomic mass is 10.1. The Morgan fingerprint density at radius 3 is 1.85 bits per heavy atom. The Morgan fingerprint density at radius 2 is 1.62 bits per heavy atom. The molecule has 0 atom stereocenters. The highest BCUT2D eigenvalue weighted by molar-refractivity contribution is 5.78. The van der Waals surface area contributed by atoms with Gasteiger partial charge in [0.05, 0.1) is 0 Å². The predicted molar refractivity (Wildman–Crippen MR) is 46.9 cm³/mol. The lowest BCUT2D eigenvalue weighted by Gasteiger charge is -2.23. The molecule has 5 heteroatoms. The summed E-state index contributed by atoms with van der Waals surface area (Å²) in [5.41, 5.74) is -2.36. The van der Waals surface area contributed by atoms with Crippen LogP contribution in [-0.4, -0.2) is 22.0 Å². The van der Waals surface area contributed by atoms with Crippen molar-refractivity contribution in [3.63, 3.8) is 0 Å². The van der Waals surface area contributed by atoms with Crippen molar-refractivity contribution in [1.29, 1.82) is 0 Å². The maximum atomic E-state index is 11.3. The van der Waals surface area contributed by atoms with Crippen molar-refractivity contribution >= 4 is 5.97 Å². The summed E-state index contributed by atoms with van der Waals surface area (Å²) in [5, 5.41) is 10.5. The van der Waals surface area contributed by atoms with Crippen molar-refractivity contribution < 1.29 is 14.5 Å². The van der Waals surface area contributed by atoms with E-state index < -0.39 is 22.0 Å². The summed E-state index contributed by atoms with van der Waals surface area (Å²) in [7, 11) is 0. The zero-order valence-corrected chi connectivity index (χ0v) is 8.58. The molecule has 0 spiro atoms. The molecule has 0 aliphatic carbocycles. The van der Waals surface area contributed by atoms with Crippen molar-refractivity contribution in [2.24, 2.45) is 0 Å². The first-order valence-corrected chi connectivity index (χ1v) is 3.95. The molecule has 0 N–H and O–H groups in total. The van der Waals surface area contributed by atoms with Gasteiger partial charge in [0.15, 0.2) is 0 Å². The zero-order chi connectivity index (χ0) is 10.9. The van der Waals surface area contributed by atoms with Crippen molar-refractivity contribution in [2.45, 2.75) is 45.8 Å². The van der Waals surface area contributed by atoms with Crippen LogP contribution in [0.2, 0.25) is 0 Å². The van der Waals surface area contributed by atoms with Crippen LogP contribution in [-0.2, 0) is 9.53 Å². The van der Waals surface area contributed by atoms with E-state index in [2.05, 4.69) is 0 Å². The molecule has 0 amide bonds. The lowest BCUT2D eigenvalue weighted by Crippen LogP contribution is -2.44. The minimum atomic E-state index is -1.67. The highest BCUT2D eigenvalue weighted by atomic mass is 16.6. The van der Waals surface area contributed by atoms with E-state index in [0.29, 0.717) is 0 Å². The number of rotatable bonds is 2. The molecule has 5 nitrogen and oxygen atoms in total. The van der Waals surface area contributed by atoms with Crippen molar-refractivity contribution in [3.05, 3.63) is 10.1 Å². The number of carbonyl (C=O) groups is 1. The third-order valence-electron chi connectivity index (χ3n) is 1.35. The Balaban J connectivity index is 4.53. The molecule has 0 aromatic heterocycles. The number of esters is 1. The molecule has 0 aromatic carbocycles. The predicted octanol–water partition coefficient (Wildman–Crippen LogP) is 1.38. The summed E-state index contributed by atoms with van der Waals surface area (Å²) < 4.78 is 4.88. The number of nitro groups is 1. The minimum absolute atomic E-state index is 0.652. The quantitative estimate of drug-likeness (QED) is 0.374. The van der Waals surface area contributed by atoms with Crippen LogP contribution >= 0.6 is 0 Å². The van der Waals surface area contributed by atoms with Gasteiger partial charge >= 0.3 is 11.5 Å². The Labute approximate surface area is 77.2 Å². The van der Waals surface area contributed by atoms with Crippen molar-refractivity contribution in [1.82, 2.24) is 0 Å². The van der Waals surface area contributed by atoms with Gasteiger partial charge in [-0.25, -0.2) is 4.79 Å². The van der Waals surface area contributed by atoms with Gasteiger partial charge < -0.3 is 4.74 Å². The smallest absolute Gasteiger partial charge is 0.384 e. The first-order valence-electron chi connectivity index (χ1n) is 3.95. The monoisotopic (exact) mass is 189 g/mol. The number of nitrogens with zero attached hydrogens (tertiary/aromatic N) is 1. The molecule has 0 fully saturated rings. The summed E-state index contributed by atoms with van der Waals surface area (Å²) in [4.78, 5) is 21.1. The first-order chi connectivity index (χ1) is 5.57. The number of ether oxygens (including phenoxy) is 1. The minimum Gasteiger partial charge on any atom is -0.455 e. The van der Waals surface area contributed by atoms with Crippen LogP contribution in [0.1, 0.15) is 34.6 Å². The Morgan fingerprint density at radius 1 is 1.23 bits per heavy atom. The van der Waals surface area contributed by atoms with Gasteiger partial charge in [0.25, 0.3) is 0 Å². The Bertz CT molecular complexity index is 227. The third kappa shape index (κ3) is 3.40. The highest BCUT2D eigenvalue weighted by Crippen LogP contribution is 2.16. The van der Waals surface area contributed by atoms with Crippen LogP contribution in [0.15, 0.2) is 0 Å². The molecule has 13 heavy (non-hydrogen) atoms. The van der Waals surface area contributed by atoms with Gasteiger partial charge in [-0.3, -0.25) is 10.1 Å². The maximum absolute atomic E-state index is 11.3. The summed E-state index contributed by atoms with van der Waals surface area (Å²) in [6.45, 7) is 7.45. The molecule has 0 heterocycles. The van der Waals surface area contributed by atoms with Crippen molar-refractivity contribution in [2.75, 3.05) is 0 Å². The highest BCUT2D eigenvalue weighted by Gasteiger charge is 2.43. The van der Waals surface area contributed by atoms with Crippen LogP contribution in [0.3, 0.4) is 0 Å². The van der Waals surface area contributed by atoms with Gasteiger partial charge in [-0.1, -0.05) is 0 Å². The van der Waals surface area contributed by atoms with Gasteiger partial charge in [-0.2, -0.15) is 0 Å². The number of carbonyl (C=O) groups excluding carboxylic acids is 1. The molecule has 0 bridgehead atoms. The van der Waals surface area contributed by atoms with E-state index in [0.717, 1.165) is 0 Å². The van der Waals surface area contributed by atoms with E-state index in [4.69, 9.17) is 4.74 Å². The topological polar surface area (TPSA) is 69.4 Å². The SMILES string of the molecule is CC(C)(C)OC(=O)C(C)(C)[N+](=O)[O-]. The fraction of sp³-hybridized carbons (Fsp3) is 0.875. The lowest BCUT2D eigenvalue weighted by molar-refractivity contribution is -0.546. The van der Waals surface area contributed by atoms with Crippen molar-refractivity contribution in [3.8, 4) is 0 Å². The van der Waals surface area contributed by atoms with E-state index >= 15 is 0 Å². The molecular formula is C8H15NO4. The standard InChI is InChI=1S/C8H15NO4/c1-7(2,3)13-6(10)8(4,5)9(11)12/h1-5H3. The summed E-state index contributed by atoms with van der Waals surface area (Å²) in [6, 6.07) is 0. The van der Waals surface area contributed by atoms with E-state index in [1.54, 1.807) is 20.8 Å². The maximum Gasteiger partial charge on any atom is 0.384 e. The second kappa shape index (κ2) is 3.32. The van der Waals surface area contributed by atoms with Gasteiger partial charge in [0.2, 0.25) is 0 Å². The first kappa shape index (κ1) is 11.9. The number of hydrogen-bond acceptors (Lipinski definition) is 4. The fourth-order valence-electron chi connectivity index (χ4n) is 0.478. The average molecular weight is 189 g/mol. The fourth-order valence-corrected chi connectivity index (χ4v) is 0.478. The molecule has 0 radical (unpaired) electrons. The van der Waals surface area contributed by atoms with Crippen LogP contribution in [0.4, 0.5) is 0 Å². The summed E-state index contributed by atoms with van der Waals surface area (Å²) in [5.74, 6) is -0.815. The second-order valence-electron chi connectivity index (χ2n) is 4.32. The van der Waals surface area contributed by atoms with E-state index in [9.17, 15) is 14.9 Å². The Kier molecular flexibility index (Phi) is 3.03. The van der Waals surface area contributed by atoms with Gasteiger partial charge in [0.1, 0.15) is 5.60 Å². The Hall–Kier alpha value is -1.13. The molecule has 0 aliphatic rings. The molecule has 0 aliphatic heterocycles. The molecule has 0 saturated carbocycles. The second-order valence-corrected chi connectivity index (χ2v) is 4.32. The molecule has 0 saturated heterocycles. The molecule has 76 valence electrons. The van der Waals surface area contributed by atoms with Gasteiger partial charge in [-0.05, 0) is 20.8 Å². The molecule has 0 aromatic rings. The number of hydrogen-bond donors (Lipinski definition) is 0. The average Bonchev–Trinajstić information content (AvgIpc) is 1.82. The van der Waals surface area contributed by atoms with E-state index in [1.807, 2.05) is 0 Å². The van der Waals surface area contributed by atoms with E-state index in [1.165, 1.54) is 13.8 Å². The summed E-state index contributed by atoms with van der Waals surface area (Å²) in [6.07, 6.45) is 0. The summed E-state index contributed by atoms with van der Waals surface area (Å²) >= 11 is 0. The molecular weight excluding hydrogens is 174 g/mol. The van der Waals surface area contributed by atoms with Gasteiger partial charge in [0, 0.05) is 18.8 Å². The molecule has 0 rings (SSSR count). The molecule has 0 unspecified atom stereocenters. The van der Waals surface area contributed by atoms with Crippen LogP contribution < -0.4 is 0 Å². The van der Waals surface area contributed by atoms with Crippen LogP contribution in [0.5, 0.6) is 0 Å². The third-order valence-corrected chi connectivity index (χ3v) is 1.35. The normalized spacial score (nSPS) is 12.4.